The summed E-state index contributed by atoms with van der Waals surface area (Å²) in [5, 5.41) is 5.30. The van der Waals surface area contributed by atoms with Gasteiger partial charge in [0.2, 0.25) is 15.9 Å². The Bertz CT molecular complexity index is 1230. The topological polar surface area (TPSA) is 125 Å². The van der Waals surface area contributed by atoms with E-state index in [2.05, 4.69) is 10.6 Å². The van der Waals surface area contributed by atoms with Crippen LogP contribution in [0.1, 0.15) is 18.1 Å². The van der Waals surface area contributed by atoms with Gasteiger partial charge >= 0.3 is 6.03 Å². The number of nitrogens with zero attached hydrogens (tertiary/aromatic N) is 2. The number of urea groups is 1. The van der Waals surface area contributed by atoms with E-state index in [1.54, 1.807) is 50.2 Å². The summed E-state index contributed by atoms with van der Waals surface area (Å²) in [6.07, 6.45) is 0. The zero-order valence-electron chi connectivity index (χ0n) is 18.9. The summed E-state index contributed by atoms with van der Waals surface area (Å²) >= 11 is 0. The molecule has 0 radical (unpaired) electrons. The highest BCUT2D eigenvalue weighted by atomic mass is 32.2. The van der Waals surface area contributed by atoms with Crippen LogP contribution in [0.3, 0.4) is 0 Å². The summed E-state index contributed by atoms with van der Waals surface area (Å²) in [6, 6.07) is 12.6. The molecule has 2 fully saturated rings. The Morgan fingerprint density at radius 3 is 2.47 bits per heavy atom. The zero-order valence-corrected chi connectivity index (χ0v) is 19.7. The number of sulfonamides is 1. The molecule has 180 valence electrons. The van der Waals surface area contributed by atoms with Crippen LogP contribution < -0.4 is 10.6 Å². The standard InChI is InChI=1S/C23H26N4O6S/c1-16-8-9-18(34(31,32)26-10-12-33-13-11-26)14-19(16)24-20(28)15-27-21(29)23(2,25-22(27)30)17-6-4-3-5-7-17/h3-9,14H,10-13,15H2,1-2H3,(H,24,28)(H,25,30). The minimum absolute atomic E-state index is 0.0435. The van der Waals surface area contributed by atoms with Gasteiger partial charge in [-0.05, 0) is 37.1 Å². The molecule has 2 saturated heterocycles. The normalized spacial score (nSPS) is 21.4. The summed E-state index contributed by atoms with van der Waals surface area (Å²) in [6.45, 7) is 3.96. The van der Waals surface area contributed by atoms with E-state index in [0.717, 1.165) is 4.90 Å². The Balaban J connectivity index is 1.50. The van der Waals surface area contributed by atoms with E-state index in [1.165, 1.54) is 16.4 Å². The summed E-state index contributed by atoms with van der Waals surface area (Å²) in [4.78, 5) is 39.2. The van der Waals surface area contributed by atoms with Gasteiger partial charge < -0.3 is 15.4 Å². The molecule has 11 heteroatoms. The number of carbonyl (C=O) groups excluding carboxylic acids is 3. The van der Waals surface area contributed by atoms with Crippen LogP contribution in [0.25, 0.3) is 0 Å². The van der Waals surface area contributed by atoms with Gasteiger partial charge in [0.25, 0.3) is 5.91 Å². The Kier molecular flexibility index (Phi) is 6.43. The summed E-state index contributed by atoms with van der Waals surface area (Å²) in [7, 11) is -3.75. The fourth-order valence-electron chi connectivity index (χ4n) is 3.97. The summed E-state index contributed by atoms with van der Waals surface area (Å²) < 4.78 is 32.5. The minimum atomic E-state index is -3.75. The number of hydrogen-bond acceptors (Lipinski definition) is 6. The van der Waals surface area contributed by atoms with Gasteiger partial charge in [-0.15, -0.1) is 0 Å². The molecular formula is C23H26N4O6S. The summed E-state index contributed by atoms with van der Waals surface area (Å²) in [5.41, 5.74) is 0.256. The molecule has 2 aliphatic heterocycles. The van der Waals surface area contributed by atoms with E-state index < -0.39 is 40.0 Å². The molecule has 2 aromatic carbocycles. The molecule has 34 heavy (non-hydrogen) atoms. The van der Waals surface area contributed by atoms with E-state index in [9.17, 15) is 22.8 Å². The van der Waals surface area contributed by atoms with Crippen molar-refractivity contribution in [3.8, 4) is 0 Å². The highest BCUT2D eigenvalue weighted by Crippen LogP contribution is 2.29. The fraction of sp³-hybridized carbons (Fsp3) is 0.348. The van der Waals surface area contributed by atoms with E-state index >= 15 is 0 Å². The Labute approximate surface area is 197 Å². The number of hydrogen-bond donors (Lipinski definition) is 2. The van der Waals surface area contributed by atoms with Crippen molar-refractivity contribution < 1.29 is 27.5 Å². The number of morpholine rings is 1. The van der Waals surface area contributed by atoms with Crippen molar-refractivity contribution in [2.75, 3.05) is 38.2 Å². The highest BCUT2D eigenvalue weighted by molar-refractivity contribution is 7.89. The average Bonchev–Trinajstić information content (AvgIpc) is 3.05. The van der Waals surface area contributed by atoms with Gasteiger partial charge in [0, 0.05) is 18.8 Å². The highest BCUT2D eigenvalue weighted by Gasteiger charge is 2.49. The average molecular weight is 487 g/mol. The second-order valence-corrected chi connectivity index (χ2v) is 10.3. The van der Waals surface area contributed by atoms with Crippen molar-refractivity contribution in [1.29, 1.82) is 0 Å². The Morgan fingerprint density at radius 1 is 1.12 bits per heavy atom. The number of amides is 4. The second kappa shape index (κ2) is 9.16. The van der Waals surface area contributed by atoms with Crippen LogP contribution in [-0.4, -0.2) is 68.3 Å². The third-order valence-electron chi connectivity index (χ3n) is 6.02. The van der Waals surface area contributed by atoms with E-state index in [-0.39, 0.29) is 23.7 Å². The molecule has 4 rings (SSSR count). The van der Waals surface area contributed by atoms with E-state index in [4.69, 9.17) is 4.74 Å². The first-order valence-corrected chi connectivity index (χ1v) is 12.2. The molecular weight excluding hydrogens is 460 g/mol. The van der Waals surface area contributed by atoms with Crippen molar-refractivity contribution in [2.45, 2.75) is 24.3 Å². The largest absolute Gasteiger partial charge is 0.379 e. The van der Waals surface area contributed by atoms with E-state index in [0.29, 0.717) is 24.3 Å². The lowest BCUT2D eigenvalue weighted by molar-refractivity contribution is -0.133. The van der Waals surface area contributed by atoms with E-state index in [1.807, 2.05) is 0 Å². The first kappa shape index (κ1) is 23.9. The predicted octanol–water partition coefficient (Wildman–Crippen LogP) is 1.42. The van der Waals surface area contributed by atoms with Gasteiger partial charge in [-0.25, -0.2) is 13.2 Å². The smallest absolute Gasteiger partial charge is 0.325 e. The summed E-state index contributed by atoms with van der Waals surface area (Å²) in [5.74, 6) is -1.16. The zero-order chi connectivity index (χ0) is 24.5. The van der Waals surface area contributed by atoms with Gasteiger partial charge in [0.15, 0.2) is 0 Å². The molecule has 2 aliphatic rings. The van der Waals surface area contributed by atoms with Gasteiger partial charge in [0.05, 0.1) is 18.1 Å². The number of ether oxygens (including phenoxy) is 1. The number of aryl methyl sites for hydroxylation is 1. The van der Waals surface area contributed by atoms with Crippen LogP contribution in [-0.2, 0) is 29.9 Å². The number of rotatable bonds is 6. The number of carbonyl (C=O) groups is 3. The number of imide groups is 1. The number of anilines is 1. The lowest BCUT2D eigenvalue weighted by atomic mass is 9.92. The number of benzene rings is 2. The number of nitrogens with one attached hydrogen (secondary N) is 2. The second-order valence-electron chi connectivity index (χ2n) is 8.35. The monoisotopic (exact) mass is 486 g/mol. The molecule has 0 aromatic heterocycles. The van der Waals surface area contributed by atoms with Crippen LogP contribution in [0.15, 0.2) is 53.4 Å². The fourth-order valence-corrected chi connectivity index (χ4v) is 5.41. The minimum Gasteiger partial charge on any atom is -0.379 e. The Hall–Kier alpha value is -3.28. The maximum Gasteiger partial charge on any atom is 0.325 e. The first-order valence-electron chi connectivity index (χ1n) is 10.8. The van der Waals surface area contributed by atoms with Crippen molar-refractivity contribution in [3.05, 3.63) is 59.7 Å². The molecule has 0 saturated carbocycles. The van der Waals surface area contributed by atoms with Crippen LogP contribution in [0.5, 0.6) is 0 Å². The lowest BCUT2D eigenvalue weighted by Crippen LogP contribution is -2.42. The maximum absolute atomic E-state index is 13.0. The molecule has 2 N–H and O–H groups in total. The van der Waals surface area contributed by atoms with Crippen molar-refractivity contribution in [3.63, 3.8) is 0 Å². The molecule has 10 nitrogen and oxygen atoms in total. The molecule has 1 atom stereocenters. The van der Waals surface area contributed by atoms with Gasteiger partial charge in [-0.3, -0.25) is 14.5 Å². The Morgan fingerprint density at radius 2 is 1.79 bits per heavy atom. The predicted molar refractivity (Wildman–Crippen MR) is 123 cm³/mol. The van der Waals surface area contributed by atoms with Crippen LogP contribution in [0, 0.1) is 6.92 Å². The third-order valence-corrected chi connectivity index (χ3v) is 7.91. The van der Waals surface area contributed by atoms with Gasteiger partial charge in [-0.1, -0.05) is 36.4 Å². The van der Waals surface area contributed by atoms with Crippen molar-refractivity contribution in [2.24, 2.45) is 0 Å². The van der Waals surface area contributed by atoms with Crippen molar-refractivity contribution >= 4 is 33.6 Å². The van der Waals surface area contributed by atoms with Crippen LogP contribution in [0.4, 0.5) is 10.5 Å². The van der Waals surface area contributed by atoms with Crippen LogP contribution >= 0.6 is 0 Å². The van der Waals surface area contributed by atoms with Crippen molar-refractivity contribution in [1.82, 2.24) is 14.5 Å². The van der Waals surface area contributed by atoms with Gasteiger partial charge in [0.1, 0.15) is 12.1 Å². The molecule has 4 amide bonds. The molecule has 0 spiro atoms. The molecule has 2 heterocycles. The van der Waals surface area contributed by atoms with Gasteiger partial charge in [-0.2, -0.15) is 4.31 Å². The molecule has 1 unspecified atom stereocenters. The SMILES string of the molecule is Cc1ccc(S(=O)(=O)N2CCOCC2)cc1NC(=O)CN1C(=O)NC(C)(c2ccccc2)C1=O. The molecule has 2 aromatic rings. The molecule has 0 bridgehead atoms. The first-order chi connectivity index (χ1) is 16.1. The third kappa shape index (κ3) is 4.41. The quantitative estimate of drug-likeness (QED) is 0.595. The van der Waals surface area contributed by atoms with Crippen LogP contribution in [0.2, 0.25) is 0 Å². The maximum atomic E-state index is 13.0. The molecule has 0 aliphatic carbocycles. The lowest BCUT2D eigenvalue weighted by Gasteiger charge is -2.26.